The number of nitrogens with one attached hydrogen (secondary N) is 1. The van der Waals surface area contributed by atoms with Gasteiger partial charge in [0.2, 0.25) is 0 Å². The third-order valence-electron chi connectivity index (χ3n) is 2.62. The zero-order valence-corrected chi connectivity index (χ0v) is 10.5. The highest BCUT2D eigenvalue weighted by atomic mass is 32.2. The first-order chi connectivity index (χ1) is 8.53. The van der Waals surface area contributed by atoms with Crippen molar-refractivity contribution in [3.63, 3.8) is 0 Å². The van der Waals surface area contributed by atoms with Crippen LogP contribution >= 0.6 is 11.8 Å². The Labute approximate surface area is 108 Å². The second-order valence-corrected chi connectivity index (χ2v) is 5.27. The Hall–Kier alpha value is -0.880. The molecule has 1 atom stereocenters. The van der Waals surface area contributed by atoms with E-state index in [4.69, 9.17) is 4.74 Å². The summed E-state index contributed by atoms with van der Waals surface area (Å²) in [5.74, 6) is 0. The first-order valence-electron chi connectivity index (χ1n) is 5.73. The van der Waals surface area contributed by atoms with Crippen molar-refractivity contribution >= 4 is 17.4 Å². The summed E-state index contributed by atoms with van der Waals surface area (Å²) in [7, 11) is 0. The SMILES string of the molecule is FC(F)(F)Sc1ccc(NC2CCCOC2)cc1. The van der Waals surface area contributed by atoms with E-state index in [0.29, 0.717) is 6.61 Å². The minimum absolute atomic E-state index is 0.0970. The van der Waals surface area contributed by atoms with Crippen LogP contribution in [0.3, 0.4) is 0 Å². The highest BCUT2D eigenvalue weighted by molar-refractivity contribution is 8.00. The molecule has 1 N–H and O–H groups in total. The predicted octanol–water partition coefficient (Wildman–Crippen LogP) is 3.89. The van der Waals surface area contributed by atoms with Crippen LogP contribution in [0.25, 0.3) is 0 Å². The summed E-state index contributed by atoms with van der Waals surface area (Å²) in [6.07, 6.45) is 2.04. The number of hydrogen-bond donors (Lipinski definition) is 1. The summed E-state index contributed by atoms with van der Waals surface area (Å²) in [5, 5.41) is 3.26. The van der Waals surface area contributed by atoms with E-state index < -0.39 is 5.51 Å². The van der Waals surface area contributed by atoms with Gasteiger partial charge in [0.15, 0.2) is 0 Å². The molecule has 1 unspecified atom stereocenters. The molecule has 1 aromatic carbocycles. The van der Waals surface area contributed by atoms with Crippen LogP contribution in [-0.4, -0.2) is 24.8 Å². The van der Waals surface area contributed by atoms with Gasteiger partial charge in [0.1, 0.15) is 0 Å². The van der Waals surface area contributed by atoms with Crippen LogP contribution in [0.4, 0.5) is 18.9 Å². The second kappa shape index (κ2) is 5.84. The summed E-state index contributed by atoms with van der Waals surface area (Å²) in [6, 6.07) is 6.54. The van der Waals surface area contributed by atoms with Crippen LogP contribution in [0, 0.1) is 0 Å². The minimum Gasteiger partial charge on any atom is -0.380 e. The van der Waals surface area contributed by atoms with Crippen LogP contribution < -0.4 is 5.32 Å². The van der Waals surface area contributed by atoms with Crippen molar-refractivity contribution in [1.29, 1.82) is 0 Å². The van der Waals surface area contributed by atoms with Crippen molar-refractivity contribution in [2.24, 2.45) is 0 Å². The van der Waals surface area contributed by atoms with Gasteiger partial charge in [-0.05, 0) is 48.9 Å². The molecule has 1 fully saturated rings. The number of anilines is 1. The molecule has 2 rings (SSSR count). The molecule has 0 aromatic heterocycles. The molecule has 0 spiro atoms. The largest absolute Gasteiger partial charge is 0.446 e. The van der Waals surface area contributed by atoms with Crippen molar-refractivity contribution in [3.05, 3.63) is 24.3 Å². The van der Waals surface area contributed by atoms with E-state index in [9.17, 15) is 13.2 Å². The molecule has 0 amide bonds. The van der Waals surface area contributed by atoms with Gasteiger partial charge in [-0.15, -0.1) is 0 Å². The van der Waals surface area contributed by atoms with Gasteiger partial charge in [-0.3, -0.25) is 0 Å². The van der Waals surface area contributed by atoms with E-state index in [2.05, 4.69) is 5.32 Å². The molecule has 0 bridgehead atoms. The molecular formula is C12H14F3NOS. The van der Waals surface area contributed by atoms with Crippen LogP contribution in [0.15, 0.2) is 29.2 Å². The summed E-state index contributed by atoms with van der Waals surface area (Å²) in [4.78, 5) is 0.202. The maximum absolute atomic E-state index is 12.1. The zero-order chi connectivity index (χ0) is 13.0. The van der Waals surface area contributed by atoms with Gasteiger partial charge < -0.3 is 10.1 Å². The number of benzene rings is 1. The topological polar surface area (TPSA) is 21.3 Å². The lowest BCUT2D eigenvalue weighted by Crippen LogP contribution is -2.29. The molecule has 6 heteroatoms. The van der Waals surface area contributed by atoms with E-state index in [1.54, 1.807) is 12.1 Å². The molecule has 0 aliphatic carbocycles. The van der Waals surface area contributed by atoms with E-state index in [0.717, 1.165) is 25.1 Å². The van der Waals surface area contributed by atoms with Crippen LogP contribution in [0.2, 0.25) is 0 Å². The molecule has 18 heavy (non-hydrogen) atoms. The van der Waals surface area contributed by atoms with Gasteiger partial charge >= 0.3 is 5.51 Å². The molecule has 1 saturated heterocycles. The first-order valence-corrected chi connectivity index (χ1v) is 6.55. The highest BCUT2D eigenvalue weighted by Crippen LogP contribution is 2.37. The number of thioether (sulfide) groups is 1. The Morgan fingerprint density at radius 1 is 1.22 bits per heavy atom. The average molecular weight is 277 g/mol. The molecule has 100 valence electrons. The summed E-state index contributed by atoms with van der Waals surface area (Å²) >= 11 is -0.0970. The third-order valence-corrected chi connectivity index (χ3v) is 3.36. The van der Waals surface area contributed by atoms with Gasteiger partial charge in [-0.2, -0.15) is 13.2 Å². The number of alkyl halides is 3. The van der Waals surface area contributed by atoms with Crippen molar-refractivity contribution in [3.8, 4) is 0 Å². The smallest absolute Gasteiger partial charge is 0.380 e. The molecule has 1 aliphatic heterocycles. The predicted molar refractivity (Wildman–Crippen MR) is 65.8 cm³/mol. The summed E-state index contributed by atoms with van der Waals surface area (Å²) < 4.78 is 41.8. The normalized spacial score (nSPS) is 20.7. The lowest BCUT2D eigenvalue weighted by molar-refractivity contribution is -0.0328. The van der Waals surface area contributed by atoms with Crippen molar-refractivity contribution < 1.29 is 17.9 Å². The van der Waals surface area contributed by atoms with E-state index >= 15 is 0 Å². The van der Waals surface area contributed by atoms with Gasteiger partial charge in [0.05, 0.1) is 6.61 Å². The lowest BCUT2D eigenvalue weighted by atomic mass is 10.1. The first kappa shape index (κ1) is 13.5. The summed E-state index contributed by atoms with van der Waals surface area (Å²) in [5.41, 5.74) is -3.40. The molecule has 1 heterocycles. The highest BCUT2D eigenvalue weighted by Gasteiger charge is 2.29. The van der Waals surface area contributed by atoms with Crippen LogP contribution in [0.1, 0.15) is 12.8 Å². The average Bonchev–Trinajstić information content (AvgIpc) is 2.31. The summed E-state index contributed by atoms with van der Waals surface area (Å²) in [6.45, 7) is 1.44. The van der Waals surface area contributed by atoms with E-state index in [1.807, 2.05) is 0 Å². The van der Waals surface area contributed by atoms with Gasteiger partial charge in [-0.1, -0.05) is 0 Å². The van der Waals surface area contributed by atoms with E-state index in [1.165, 1.54) is 12.1 Å². The Morgan fingerprint density at radius 2 is 1.94 bits per heavy atom. The van der Waals surface area contributed by atoms with Gasteiger partial charge in [0.25, 0.3) is 0 Å². The van der Waals surface area contributed by atoms with Crippen molar-refractivity contribution in [1.82, 2.24) is 0 Å². The minimum atomic E-state index is -4.23. The number of ether oxygens (including phenoxy) is 1. The van der Waals surface area contributed by atoms with Gasteiger partial charge in [-0.25, -0.2) is 0 Å². The van der Waals surface area contributed by atoms with Gasteiger partial charge in [0, 0.05) is 23.2 Å². The fourth-order valence-electron chi connectivity index (χ4n) is 1.84. The Kier molecular flexibility index (Phi) is 4.40. The molecule has 2 nitrogen and oxygen atoms in total. The Morgan fingerprint density at radius 3 is 2.50 bits per heavy atom. The standard InChI is InChI=1S/C12H14F3NOS/c13-12(14,15)18-11-5-3-9(4-6-11)16-10-2-1-7-17-8-10/h3-6,10,16H,1-2,7-8H2. The molecule has 0 radical (unpaired) electrons. The monoisotopic (exact) mass is 277 g/mol. The van der Waals surface area contributed by atoms with Crippen LogP contribution in [0.5, 0.6) is 0 Å². The fourth-order valence-corrected chi connectivity index (χ4v) is 2.38. The van der Waals surface area contributed by atoms with E-state index in [-0.39, 0.29) is 22.7 Å². The maximum atomic E-state index is 12.1. The number of hydrogen-bond acceptors (Lipinski definition) is 3. The van der Waals surface area contributed by atoms with Crippen LogP contribution in [-0.2, 0) is 4.74 Å². The van der Waals surface area contributed by atoms with Crippen molar-refractivity contribution in [2.45, 2.75) is 29.3 Å². The van der Waals surface area contributed by atoms with Crippen molar-refractivity contribution in [2.75, 3.05) is 18.5 Å². The molecular weight excluding hydrogens is 263 g/mol. The third kappa shape index (κ3) is 4.42. The number of rotatable bonds is 3. The molecule has 1 aromatic rings. The lowest BCUT2D eigenvalue weighted by Gasteiger charge is -2.24. The fraction of sp³-hybridized carbons (Fsp3) is 0.500. The molecule has 1 aliphatic rings. The Bertz CT molecular complexity index is 374. The quantitative estimate of drug-likeness (QED) is 0.847. The maximum Gasteiger partial charge on any atom is 0.446 e. The molecule has 0 saturated carbocycles. The Balaban J connectivity index is 1.90. The second-order valence-electron chi connectivity index (χ2n) is 4.13. The number of halogens is 3. The zero-order valence-electron chi connectivity index (χ0n) is 9.67.